The molecule has 0 aromatic carbocycles. The zero-order chi connectivity index (χ0) is 13.8. The van der Waals surface area contributed by atoms with Crippen molar-refractivity contribution < 1.29 is 18.7 Å². The van der Waals surface area contributed by atoms with E-state index in [0.717, 1.165) is 44.7 Å². The number of hydrogen-bond acceptors (Lipinski definition) is 4. The minimum atomic E-state index is 0.0667. The maximum absolute atomic E-state index is 12.1. The van der Waals surface area contributed by atoms with Crippen molar-refractivity contribution in [3.63, 3.8) is 0 Å². The second kappa shape index (κ2) is 6.41. The molecule has 3 heterocycles. The van der Waals surface area contributed by atoms with Gasteiger partial charge in [0.05, 0.1) is 19.0 Å². The van der Waals surface area contributed by atoms with Crippen molar-refractivity contribution in [2.24, 2.45) is 0 Å². The van der Waals surface area contributed by atoms with Crippen LogP contribution in [-0.4, -0.2) is 49.8 Å². The van der Waals surface area contributed by atoms with Crippen LogP contribution in [0.25, 0.3) is 0 Å². The minimum absolute atomic E-state index is 0.0667. The van der Waals surface area contributed by atoms with Gasteiger partial charge in [0.25, 0.3) is 0 Å². The average Bonchev–Trinajstić information content (AvgIpc) is 3.20. The maximum atomic E-state index is 12.1. The third-order valence-corrected chi connectivity index (χ3v) is 4.04. The summed E-state index contributed by atoms with van der Waals surface area (Å²) >= 11 is 0. The van der Waals surface area contributed by atoms with Crippen LogP contribution < -0.4 is 0 Å². The molecule has 5 heteroatoms. The molecule has 0 saturated carbocycles. The van der Waals surface area contributed by atoms with Crippen LogP contribution >= 0.6 is 0 Å². The van der Waals surface area contributed by atoms with Gasteiger partial charge in [0.2, 0.25) is 5.91 Å². The van der Waals surface area contributed by atoms with Crippen molar-refractivity contribution in [3.8, 4) is 0 Å². The molecule has 0 aliphatic carbocycles. The highest BCUT2D eigenvalue weighted by Crippen LogP contribution is 2.27. The molecule has 1 aromatic heterocycles. The number of hydrogen-bond donors (Lipinski definition) is 0. The average molecular weight is 279 g/mol. The van der Waals surface area contributed by atoms with Crippen LogP contribution in [0.4, 0.5) is 0 Å². The summed E-state index contributed by atoms with van der Waals surface area (Å²) in [6.45, 7) is 3.02. The Morgan fingerprint density at radius 1 is 1.45 bits per heavy atom. The molecule has 1 amide bonds. The first-order valence-electron chi connectivity index (χ1n) is 7.33. The highest BCUT2D eigenvalue weighted by atomic mass is 16.5. The van der Waals surface area contributed by atoms with Crippen molar-refractivity contribution in [3.05, 3.63) is 24.2 Å². The van der Waals surface area contributed by atoms with E-state index in [0.29, 0.717) is 12.5 Å². The summed E-state index contributed by atoms with van der Waals surface area (Å²) in [5.74, 6) is 1.37. The van der Waals surface area contributed by atoms with Crippen LogP contribution in [0.2, 0.25) is 0 Å². The summed E-state index contributed by atoms with van der Waals surface area (Å²) in [5.41, 5.74) is 0. The standard InChI is InChI=1S/C15H21NO4/c17-15(11-18-10-13-3-1-7-19-13)16-6-5-12(9-16)14-4-2-8-20-14/h2,4,8,12-13H,1,3,5-7,9-11H2/t12-,13+/m1/s1. The highest BCUT2D eigenvalue weighted by molar-refractivity contribution is 5.77. The van der Waals surface area contributed by atoms with Gasteiger partial charge in [-0.25, -0.2) is 0 Å². The lowest BCUT2D eigenvalue weighted by Gasteiger charge is -2.17. The molecule has 0 bridgehead atoms. The Labute approximate surface area is 118 Å². The van der Waals surface area contributed by atoms with Gasteiger partial charge < -0.3 is 18.8 Å². The smallest absolute Gasteiger partial charge is 0.248 e. The van der Waals surface area contributed by atoms with E-state index >= 15 is 0 Å². The van der Waals surface area contributed by atoms with Crippen LogP contribution in [0.15, 0.2) is 22.8 Å². The van der Waals surface area contributed by atoms with Crippen molar-refractivity contribution in [2.75, 3.05) is 32.9 Å². The Bertz CT molecular complexity index is 425. The van der Waals surface area contributed by atoms with Gasteiger partial charge in [-0.1, -0.05) is 0 Å². The van der Waals surface area contributed by atoms with Gasteiger partial charge in [-0.15, -0.1) is 0 Å². The summed E-state index contributed by atoms with van der Waals surface area (Å²) in [6.07, 6.45) is 4.96. The van der Waals surface area contributed by atoms with Crippen LogP contribution in [0, 0.1) is 0 Å². The first kappa shape index (κ1) is 13.6. The van der Waals surface area contributed by atoms with Crippen molar-refractivity contribution in [2.45, 2.75) is 31.3 Å². The number of ether oxygens (including phenoxy) is 2. The Hall–Kier alpha value is -1.33. The molecular formula is C15H21NO4. The molecule has 2 fully saturated rings. The molecule has 2 saturated heterocycles. The molecule has 0 N–H and O–H groups in total. The van der Waals surface area contributed by atoms with Crippen molar-refractivity contribution in [1.29, 1.82) is 0 Å². The van der Waals surface area contributed by atoms with E-state index in [1.165, 1.54) is 0 Å². The van der Waals surface area contributed by atoms with Gasteiger partial charge in [-0.05, 0) is 31.4 Å². The first-order valence-corrected chi connectivity index (χ1v) is 7.33. The fraction of sp³-hybridized carbons (Fsp3) is 0.667. The number of carbonyl (C=O) groups excluding carboxylic acids is 1. The van der Waals surface area contributed by atoms with E-state index in [2.05, 4.69) is 0 Å². The molecule has 0 unspecified atom stereocenters. The lowest BCUT2D eigenvalue weighted by atomic mass is 10.1. The van der Waals surface area contributed by atoms with Gasteiger partial charge in [-0.2, -0.15) is 0 Å². The topological polar surface area (TPSA) is 51.9 Å². The van der Waals surface area contributed by atoms with Crippen LogP contribution in [-0.2, 0) is 14.3 Å². The third-order valence-electron chi connectivity index (χ3n) is 4.04. The summed E-state index contributed by atoms with van der Waals surface area (Å²) in [7, 11) is 0. The zero-order valence-corrected chi connectivity index (χ0v) is 11.6. The van der Waals surface area contributed by atoms with E-state index in [1.54, 1.807) is 6.26 Å². The molecule has 20 heavy (non-hydrogen) atoms. The molecule has 1 aromatic rings. The Kier molecular flexibility index (Phi) is 4.38. The van der Waals surface area contributed by atoms with Crippen LogP contribution in [0.1, 0.15) is 30.9 Å². The Morgan fingerprint density at radius 2 is 2.40 bits per heavy atom. The minimum Gasteiger partial charge on any atom is -0.469 e. The van der Waals surface area contributed by atoms with Crippen molar-refractivity contribution >= 4 is 5.91 Å². The molecule has 2 atom stereocenters. The number of rotatable bonds is 5. The number of furan rings is 1. The number of likely N-dealkylation sites (tertiary alicyclic amines) is 1. The van der Waals surface area contributed by atoms with Gasteiger partial charge in [-0.3, -0.25) is 4.79 Å². The van der Waals surface area contributed by atoms with Gasteiger partial charge >= 0.3 is 0 Å². The fourth-order valence-electron chi connectivity index (χ4n) is 2.89. The monoisotopic (exact) mass is 279 g/mol. The van der Waals surface area contributed by atoms with Gasteiger partial charge in [0.1, 0.15) is 12.4 Å². The summed E-state index contributed by atoms with van der Waals surface area (Å²) in [4.78, 5) is 13.9. The Morgan fingerprint density at radius 3 is 3.15 bits per heavy atom. The summed E-state index contributed by atoms with van der Waals surface area (Å²) in [5, 5.41) is 0. The third kappa shape index (κ3) is 3.22. The fourth-order valence-corrected chi connectivity index (χ4v) is 2.89. The van der Waals surface area contributed by atoms with Crippen LogP contribution in [0.5, 0.6) is 0 Å². The van der Waals surface area contributed by atoms with Gasteiger partial charge in [0.15, 0.2) is 0 Å². The molecule has 0 spiro atoms. The highest BCUT2D eigenvalue weighted by Gasteiger charge is 2.29. The van der Waals surface area contributed by atoms with E-state index in [1.807, 2.05) is 17.0 Å². The van der Waals surface area contributed by atoms with E-state index in [-0.39, 0.29) is 18.6 Å². The summed E-state index contributed by atoms with van der Waals surface area (Å²) < 4.78 is 16.4. The van der Waals surface area contributed by atoms with E-state index < -0.39 is 0 Å². The quantitative estimate of drug-likeness (QED) is 0.824. The molecule has 2 aliphatic heterocycles. The molecular weight excluding hydrogens is 258 g/mol. The number of amides is 1. The second-order valence-electron chi connectivity index (χ2n) is 5.49. The molecule has 2 aliphatic rings. The normalized spacial score (nSPS) is 26.3. The predicted octanol–water partition coefficient (Wildman–Crippen LogP) is 1.79. The molecule has 110 valence electrons. The number of nitrogens with zero attached hydrogens (tertiary/aromatic N) is 1. The number of carbonyl (C=O) groups is 1. The van der Waals surface area contributed by atoms with E-state index in [9.17, 15) is 4.79 Å². The zero-order valence-electron chi connectivity index (χ0n) is 11.6. The largest absolute Gasteiger partial charge is 0.469 e. The maximum Gasteiger partial charge on any atom is 0.248 e. The van der Waals surface area contributed by atoms with Crippen LogP contribution in [0.3, 0.4) is 0 Å². The SMILES string of the molecule is O=C(COC[C@@H]1CCCO1)N1CC[C@@H](c2ccco2)C1. The van der Waals surface area contributed by atoms with E-state index in [4.69, 9.17) is 13.9 Å². The van der Waals surface area contributed by atoms with Gasteiger partial charge in [0, 0.05) is 25.6 Å². The first-order chi connectivity index (χ1) is 9.83. The molecule has 3 rings (SSSR count). The lowest BCUT2D eigenvalue weighted by molar-refractivity contribution is -0.136. The predicted molar refractivity (Wildman–Crippen MR) is 72.4 cm³/mol. The second-order valence-corrected chi connectivity index (χ2v) is 5.49. The summed E-state index contributed by atoms with van der Waals surface area (Å²) in [6, 6.07) is 3.87. The molecule has 5 nitrogen and oxygen atoms in total. The van der Waals surface area contributed by atoms with Crippen molar-refractivity contribution in [1.82, 2.24) is 4.90 Å². The Balaban J connectivity index is 1.39. The lowest BCUT2D eigenvalue weighted by Crippen LogP contribution is -2.32. The molecule has 0 radical (unpaired) electrons.